The fraction of sp³-hybridized carbons (Fsp3) is 0.900. The lowest BCUT2D eigenvalue weighted by Crippen LogP contribution is -2.43. The summed E-state index contributed by atoms with van der Waals surface area (Å²) in [5.41, 5.74) is 0. The smallest absolute Gasteiger partial charge is 0.217 e. The molecule has 0 aromatic rings. The summed E-state index contributed by atoms with van der Waals surface area (Å²) in [4.78, 5) is 11.6. The summed E-state index contributed by atoms with van der Waals surface area (Å²) in [6, 6.07) is -0.674. The van der Waals surface area contributed by atoms with Crippen LogP contribution in [0.1, 0.15) is 33.6 Å². The Bertz CT molecular complexity index is 363. The quantitative estimate of drug-likeness (QED) is 0.769. The van der Waals surface area contributed by atoms with E-state index in [9.17, 15) is 18.3 Å². The summed E-state index contributed by atoms with van der Waals surface area (Å²) in [5.74, 6) is -0.124. The molecule has 0 spiro atoms. The monoisotopic (exact) mass is 249 g/mol. The second kappa shape index (κ2) is 4.81. The molecule has 5 nitrogen and oxygen atoms in total. The number of rotatable bonds is 4. The van der Waals surface area contributed by atoms with Crippen LogP contribution in [0.15, 0.2) is 0 Å². The topological polar surface area (TPSA) is 74.7 Å². The van der Waals surface area contributed by atoms with Gasteiger partial charge in [0, 0.05) is 13.0 Å². The van der Waals surface area contributed by atoms with E-state index in [-0.39, 0.29) is 18.7 Å². The van der Waals surface area contributed by atoms with Gasteiger partial charge >= 0.3 is 0 Å². The maximum absolute atomic E-state index is 12.0. The summed E-state index contributed by atoms with van der Waals surface area (Å²) < 4.78 is 25.1. The van der Waals surface area contributed by atoms with Crippen LogP contribution < -0.4 is 0 Å². The maximum Gasteiger partial charge on any atom is 0.217 e. The summed E-state index contributed by atoms with van der Waals surface area (Å²) in [6.07, 6.45) is -0.214. The van der Waals surface area contributed by atoms with Gasteiger partial charge < -0.3 is 5.11 Å². The largest absolute Gasteiger partial charge is 0.392 e. The number of β-amino-alcohol motifs (C(OH)–C–C–N with tert-alkyl or cyclic N) is 1. The highest BCUT2D eigenvalue weighted by Gasteiger charge is 2.42. The van der Waals surface area contributed by atoms with Gasteiger partial charge in [0.1, 0.15) is 0 Å². The maximum atomic E-state index is 12.0. The summed E-state index contributed by atoms with van der Waals surface area (Å²) >= 11 is 0. The third kappa shape index (κ3) is 2.44. The van der Waals surface area contributed by atoms with Gasteiger partial charge in [0.15, 0.2) is 5.78 Å². The molecule has 0 aliphatic carbocycles. The molecule has 6 heteroatoms. The van der Waals surface area contributed by atoms with Crippen molar-refractivity contribution >= 4 is 15.8 Å². The van der Waals surface area contributed by atoms with E-state index >= 15 is 0 Å². The normalized spacial score (nSPS) is 27.6. The fourth-order valence-electron chi connectivity index (χ4n) is 1.86. The van der Waals surface area contributed by atoms with Crippen LogP contribution in [0, 0.1) is 0 Å². The van der Waals surface area contributed by atoms with E-state index in [2.05, 4.69) is 0 Å². The highest BCUT2D eigenvalue weighted by molar-refractivity contribution is 7.89. The second-order valence-corrected chi connectivity index (χ2v) is 6.83. The molecule has 1 saturated heterocycles. The van der Waals surface area contributed by atoms with E-state index in [0.717, 1.165) is 4.31 Å². The Morgan fingerprint density at radius 1 is 1.50 bits per heavy atom. The Labute approximate surface area is 96.5 Å². The summed E-state index contributed by atoms with van der Waals surface area (Å²) in [6.45, 7) is 4.89. The van der Waals surface area contributed by atoms with E-state index in [1.807, 2.05) is 0 Å². The molecule has 16 heavy (non-hydrogen) atoms. The van der Waals surface area contributed by atoms with Gasteiger partial charge in [0.05, 0.1) is 17.4 Å². The number of nitrogens with zero attached hydrogens (tertiary/aromatic N) is 1. The number of carbonyl (C=O) groups excluding carboxylic acids is 1. The van der Waals surface area contributed by atoms with Crippen LogP contribution in [0.5, 0.6) is 0 Å². The molecule has 0 aromatic heterocycles. The van der Waals surface area contributed by atoms with Crippen molar-refractivity contribution in [2.45, 2.75) is 51.0 Å². The lowest BCUT2D eigenvalue weighted by atomic mass is 10.1. The average molecular weight is 249 g/mol. The Morgan fingerprint density at radius 2 is 2.06 bits per heavy atom. The van der Waals surface area contributed by atoms with Gasteiger partial charge in [0.25, 0.3) is 0 Å². The molecule has 0 radical (unpaired) electrons. The Kier molecular flexibility index (Phi) is 4.09. The minimum Gasteiger partial charge on any atom is -0.392 e. The SMILES string of the molecule is CCC(=O)[C@@H]1CC(O)CN1S(=O)(=O)C(C)C. The minimum absolute atomic E-state index is 0.0386. The number of carbonyl (C=O) groups is 1. The van der Waals surface area contributed by atoms with Crippen molar-refractivity contribution in [1.82, 2.24) is 4.31 Å². The predicted molar refractivity (Wildman–Crippen MR) is 60.5 cm³/mol. The van der Waals surface area contributed by atoms with Crippen LogP contribution in [0.3, 0.4) is 0 Å². The third-order valence-electron chi connectivity index (χ3n) is 2.88. The van der Waals surface area contributed by atoms with Crippen molar-refractivity contribution in [2.24, 2.45) is 0 Å². The second-order valence-electron chi connectivity index (χ2n) is 4.39. The molecule has 2 atom stereocenters. The van der Waals surface area contributed by atoms with E-state index in [4.69, 9.17) is 0 Å². The molecule has 0 amide bonds. The first-order valence-electron chi connectivity index (χ1n) is 5.52. The number of aliphatic hydroxyl groups excluding tert-OH is 1. The first-order valence-corrected chi connectivity index (χ1v) is 7.02. The van der Waals surface area contributed by atoms with Crippen molar-refractivity contribution in [3.63, 3.8) is 0 Å². The highest BCUT2D eigenvalue weighted by Crippen LogP contribution is 2.25. The zero-order chi connectivity index (χ0) is 12.5. The van der Waals surface area contributed by atoms with Gasteiger partial charge in [-0.25, -0.2) is 8.42 Å². The Morgan fingerprint density at radius 3 is 2.50 bits per heavy atom. The van der Waals surface area contributed by atoms with E-state index in [0.29, 0.717) is 6.42 Å². The molecule has 1 fully saturated rings. The zero-order valence-electron chi connectivity index (χ0n) is 9.88. The van der Waals surface area contributed by atoms with E-state index in [1.165, 1.54) is 0 Å². The molecule has 1 heterocycles. The van der Waals surface area contributed by atoms with Crippen molar-refractivity contribution in [3.05, 3.63) is 0 Å². The predicted octanol–water partition coefficient (Wildman–Crippen LogP) is 0.139. The average Bonchev–Trinajstić information content (AvgIpc) is 2.59. The zero-order valence-corrected chi connectivity index (χ0v) is 10.7. The summed E-state index contributed by atoms with van der Waals surface area (Å²) in [7, 11) is -3.46. The Balaban J connectivity index is 2.98. The first-order chi connectivity index (χ1) is 7.30. The molecule has 1 N–H and O–H groups in total. The number of ketones is 1. The van der Waals surface area contributed by atoms with Crippen LogP contribution in [0.25, 0.3) is 0 Å². The molecule has 1 rings (SSSR count). The first kappa shape index (κ1) is 13.6. The molecular weight excluding hydrogens is 230 g/mol. The minimum atomic E-state index is -3.46. The van der Waals surface area contributed by atoms with Gasteiger partial charge in [-0.05, 0) is 20.3 Å². The number of hydrogen-bond acceptors (Lipinski definition) is 4. The van der Waals surface area contributed by atoms with Crippen LogP contribution in [-0.2, 0) is 14.8 Å². The van der Waals surface area contributed by atoms with Crippen LogP contribution in [0.4, 0.5) is 0 Å². The molecule has 1 aliphatic rings. The van der Waals surface area contributed by atoms with Crippen molar-refractivity contribution in [1.29, 1.82) is 0 Å². The lowest BCUT2D eigenvalue weighted by Gasteiger charge is -2.24. The Hall–Kier alpha value is -0.460. The highest BCUT2D eigenvalue weighted by atomic mass is 32.2. The molecule has 1 unspecified atom stereocenters. The molecule has 0 bridgehead atoms. The molecule has 0 saturated carbocycles. The van der Waals surface area contributed by atoms with E-state index in [1.54, 1.807) is 20.8 Å². The molecular formula is C10H19NO4S. The van der Waals surface area contributed by atoms with Gasteiger partial charge in [0.2, 0.25) is 10.0 Å². The van der Waals surface area contributed by atoms with Gasteiger partial charge in [-0.3, -0.25) is 4.79 Å². The molecule has 1 aliphatic heterocycles. The number of aliphatic hydroxyl groups is 1. The summed E-state index contributed by atoms with van der Waals surface area (Å²) in [5, 5.41) is 8.94. The van der Waals surface area contributed by atoms with Gasteiger partial charge in [-0.2, -0.15) is 4.31 Å². The van der Waals surface area contributed by atoms with Crippen LogP contribution in [0.2, 0.25) is 0 Å². The van der Waals surface area contributed by atoms with Crippen LogP contribution >= 0.6 is 0 Å². The lowest BCUT2D eigenvalue weighted by molar-refractivity contribution is -0.121. The number of sulfonamides is 1. The number of hydrogen-bond donors (Lipinski definition) is 1. The van der Waals surface area contributed by atoms with Crippen molar-refractivity contribution in [2.75, 3.05) is 6.54 Å². The van der Waals surface area contributed by atoms with Gasteiger partial charge in [-0.1, -0.05) is 6.92 Å². The third-order valence-corrected chi connectivity index (χ3v) is 5.13. The van der Waals surface area contributed by atoms with Crippen molar-refractivity contribution in [3.8, 4) is 0 Å². The standard InChI is InChI=1S/C10H19NO4S/c1-4-10(13)9-5-8(12)6-11(9)16(14,15)7(2)3/h7-9,12H,4-6H2,1-3H3/t8?,9-/m0/s1. The van der Waals surface area contributed by atoms with Gasteiger partial charge in [-0.15, -0.1) is 0 Å². The molecule has 0 aromatic carbocycles. The fourth-order valence-corrected chi connectivity index (χ4v) is 3.34. The van der Waals surface area contributed by atoms with Crippen molar-refractivity contribution < 1.29 is 18.3 Å². The van der Waals surface area contributed by atoms with Crippen LogP contribution in [-0.4, -0.2) is 47.6 Å². The molecule has 94 valence electrons. The number of Topliss-reactive ketones (excluding diaryl/α,β-unsaturated/α-hetero) is 1. The van der Waals surface area contributed by atoms with E-state index < -0.39 is 27.4 Å².